The zero-order chi connectivity index (χ0) is 31.1. The SMILES string of the molecule is CCC(C(=O)NC1CCCC1)N(Cc1ccc(OC)cc1)C(=O)CN(c1cccc(Cl)c1Cl)S(=O)(=O)c1ccc(C)cc1. The van der Waals surface area contributed by atoms with E-state index in [2.05, 4.69) is 5.32 Å². The highest BCUT2D eigenvalue weighted by Crippen LogP contribution is 2.35. The van der Waals surface area contributed by atoms with Crippen LogP contribution in [0.2, 0.25) is 10.0 Å². The molecule has 11 heteroatoms. The van der Waals surface area contributed by atoms with Gasteiger partial charge in [0.25, 0.3) is 10.0 Å². The Kier molecular flexibility index (Phi) is 11.0. The van der Waals surface area contributed by atoms with Crippen molar-refractivity contribution in [2.45, 2.75) is 69.5 Å². The van der Waals surface area contributed by atoms with Gasteiger partial charge in [-0.1, -0.05) is 78.9 Å². The van der Waals surface area contributed by atoms with Crippen molar-refractivity contribution in [2.24, 2.45) is 0 Å². The molecule has 1 N–H and O–H groups in total. The molecule has 0 aromatic heterocycles. The minimum atomic E-state index is -4.27. The Balaban J connectivity index is 1.74. The minimum Gasteiger partial charge on any atom is -0.497 e. The summed E-state index contributed by atoms with van der Waals surface area (Å²) < 4.78 is 34.4. The molecule has 1 saturated carbocycles. The highest BCUT2D eigenvalue weighted by Gasteiger charge is 2.35. The molecule has 0 bridgehead atoms. The van der Waals surface area contributed by atoms with Crippen LogP contribution in [-0.2, 0) is 26.2 Å². The maximum atomic E-state index is 14.3. The van der Waals surface area contributed by atoms with Gasteiger partial charge in [0, 0.05) is 12.6 Å². The van der Waals surface area contributed by atoms with Gasteiger partial charge in [0.15, 0.2) is 0 Å². The maximum Gasteiger partial charge on any atom is 0.264 e. The Morgan fingerprint density at radius 1 is 1.00 bits per heavy atom. The Morgan fingerprint density at radius 3 is 2.26 bits per heavy atom. The van der Waals surface area contributed by atoms with Crippen molar-refractivity contribution in [3.05, 3.63) is 87.9 Å². The van der Waals surface area contributed by atoms with E-state index in [1.807, 2.05) is 26.0 Å². The molecular formula is C32H37Cl2N3O5S. The van der Waals surface area contributed by atoms with Crippen LogP contribution in [0.5, 0.6) is 5.75 Å². The molecule has 0 spiro atoms. The normalized spacial score (nSPS) is 14.3. The van der Waals surface area contributed by atoms with Gasteiger partial charge in [-0.25, -0.2) is 8.42 Å². The fourth-order valence-electron chi connectivity index (χ4n) is 5.25. The largest absolute Gasteiger partial charge is 0.497 e. The van der Waals surface area contributed by atoms with Gasteiger partial charge in [0.2, 0.25) is 11.8 Å². The van der Waals surface area contributed by atoms with Crippen LogP contribution in [0.3, 0.4) is 0 Å². The van der Waals surface area contributed by atoms with Crippen molar-refractivity contribution in [1.29, 1.82) is 0 Å². The van der Waals surface area contributed by atoms with E-state index in [1.165, 1.54) is 23.1 Å². The standard InChI is InChI=1S/C32H37Cl2N3O5S/c1-4-28(32(39)35-24-8-5-6-9-24)36(20-23-14-16-25(42-3)17-15-23)30(38)21-37(29-11-7-10-27(33)31(29)34)43(40,41)26-18-12-22(2)13-19-26/h7,10-19,24,28H,4-6,8-9,20-21H2,1-3H3,(H,35,39). The number of methoxy groups -OCH3 is 1. The number of rotatable bonds is 12. The first-order valence-corrected chi connectivity index (χ1v) is 16.5. The number of carbonyl (C=O) groups excluding carboxylic acids is 2. The number of halogens is 2. The van der Waals surface area contributed by atoms with Crippen LogP contribution in [0.25, 0.3) is 0 Å². The van der Waals surface area contributed by atoms with Crippen molar-refractivity contribution in [3.63, 3.8) is 0 Å². The molecule has 1 unspecified atom stereocenters. The predicted molar refractivity (Wildman–Crippen MR) is 170 cm³/mol. The lowest BCUT2D eigenvalue weighted by Crippen LogP contribution is -2.53. The number of ether oxygens (including phenoxy) is 1. The number of sulfonamides is 1. The molecule has 0 saturated heterocycles. The second-order valence-electron chi connectivity index (χ2n) is 10.7. The summed E-state index contributed by atoms with van der Waals surface area (Å²) >= 11 is 12.8. The monoisotopic (exact) mass is 645 g/mol. The summed E-state index contributed by atoms with van der Waals surface area (Å²) in [6.07, 6.45) is 4.21. The molecule has 3 aromatic carbocycles. The number of aryl methyl sites for hydroxylation is 1. The smallest absolute Gasteiger partial charge is 0.264 e. The Hall–Kier alpha value is -3.27. The van der Waals surface area contributed by atoms with E-state index in [0.29, 0.717) is 12.2 Å². The Labute approximate surface area is 264 Å². The summed E-state index contributed by atoms with van der Waals surface area (Å²) in [5, 5.41) is 3.26. The highest BCUT2D eigenvalue weighted by molar-refractivity contribution is 7.92. The first kappa shape index (κ1) is 32.6. The van der Waals surface area contributed by atoms with E-state index in [4.69, 9.17) is 27.9 Å². The second-order valence-corrected chi connectivity index (χ2v) is 13.3. The van der Waals surface area contributed by atoms with E-state index in [1.54, 1.807) is 43.5 Å². The summed E-state index contributed by atoms with van der Waals surface area (Å²) in [6.45, 7) is 3.17. The van der Waals surface area contributed by atoms with Crippen LogP contribution in [0.15, 0.2) is 71.6 Å². The van der Waals surface area contributed by atoms with Crippen LogP contribution in [0.4, 0.5) is 5.69 Å². The quantitative estimate of drug-likeness (QED) is 0.247. The summed E-state index contributed by atoms with van der Waals surface area (Å²) in [7, 11) is -2.70. The average Bonchev–Trinajstić information content (AvgIpc) is 3.51. The van der Waals surface area contributed by atoms with Crippen molar-refractivity contribution >= 4 is 50.7 Å². The molecule has 8 nitrogen and oxygen atoms in total. The van der Waals surface area contributed by atoms with Crippen molar-refractivity contribution in [2.75, 3.05) is 18.0 Å². The fourth-order valence-corrected chi connectivity index (χ4v) is 7.12. The summed E-state index contributed by atoms with van der Waals surface area (Å²) in [5.41, 5.74) is 1.71. The van der Waals surface area contributed by atoms with Gasteiger partial charge in [0.05, 0.1) is 27.7 Å². The van der Waals surface area contributed by atoms with Crippen molar-refractivity contribution in [1.82, 2.24) is 10.2 Å². The molecule has 1 aliphatic carbocycles. The third kappa shape index (κ3) is 7.82. The Morgan fingerprint density at radius 2 is 1.65 bits per heavy atom. The summed E-state index contributed by atoms with van der Waals surface area (Å²) in [6, 6.07) is 17.4. The third-order valence-electron chi connectivity index (χ3n) is 7.69. The van der Waals surface area contributed by atoms with E-state index < -0.39 is 28.5 Å². The number of anilines is 1. The summed E-state index contributed by atoms with van der Waals surface area (Å²) in [5.74, 6) is -0.167. The minimum absolute atomic E-state index is 0.000348. The van der Waals surface area contributed by atoms with Crippen molar-refractivity contribution in [3.8, 4) is 5.75 Å². The second kappa shape index (κ2) is 14.5. The number of nitrogens with zero attached hydrogens (tertiary/aromatic N) is 2. The molecule has 3 aromatic rings. The fraction of sp³-hybridized carbons (Fsp3) is 0.375. The van der Waals surface area contributed by atoms with E-state index >= 15 is 0 Å². The van der Waals surface area contributed by atoms with Gasteiger partial charge in [-0.2, -0.15) is 0 Å². The number of hydrogen-bond acceptors (Lipinski definition) is 5. The van der Waals surface area contributed by atoms with Crippen LogP contribution >= 0.6 is 23.2 Å². The molecule has 4 rings (SSSR count). The molecule has 0 aliphatic heterocycles. The number of nitrogens with one attached hydrogen (secondary N) is 1. The molecule has 43 heavy (non-hydrogen) atoms. The topological polar surface area (TPSA) is 96.0 Å². The van der Waals surface area contributed by atoms with Crippen LogP contribution in [-0.4, -0.2) is 50.9 Å². The lowest BCUT2D eigenvalue weighted by Gasteiger charge is -2.34. The average molecular weight is 647 g/mol. The molecule has 1 atom stereocenters. The van der Waals surface area contributed by atoms with Crippen LogP contribution in [0.1, 0.15) is 50.2 Å². The van der Waals surface area contributed by atoms with Gasteiger partial charge >= 0.3 is 0 Å². The first-order chi connectivity index (χ1) is 20.5. The molecule has 1 fully saturated rings. The molecule has 230 valence electrons. The first-order valence-electron chi connectivity index (χ1n) is 14.3. The van der Waals surface area contributed by atoms with Crippen LogP contribution in [0, 0.1) is 6.92 Å². The molecular weight excluding hydrogens is 609 g/mol. The van der Waals surface area contributed by atoms with Crippen LogP contribution < -0.4 is 14.4 Å². The Bertz CT molecular complexity index is 1530. The van der Waals surface area contributed by atoms with E-state index in [-0.39, 0.29) is 39.1 Å². The van der Waals surface area contributed by atoms with Gasteiger partial charge in [0.1, 0.15) is 18.3 Å². The third-order valence-corrected chi connectivity index (χ3v) is 10.3. The molecule has 2 amide bonds. The molecule has 0 heterocycles. The maximum absolute atomic E-state index is 14.3. The summed E-state index contributed by atoms with van der Waals surface area (Å²) in [4.78, 5) is 29.3. The number of carbonyl (C=O) groups is 2. The van der Waals surface area contributed by atoms with Gasteiger partial charge in [-0.15, -0.1) is 0 Å². The van der Waals surface area contributed by atoms with Gasteiger partial charge < -0.3 is 15.0 Å². The molecule has 1 aliphatic rings. The van der Waals surface area contributed by atoms with E-state index in [0.717, 1.165) is 41.1 Å². The number of amides is 2. The number of benzene rings is 3. The molecule has 0 radical (unpaired) electrons. The lowest BCUT2D eigenvalue weighted by atomic mass is 10.1. The zero-order valence-corrected chi connectivity index (χ0v) is 26.9. The van der Waals surface area contributed by atoms with Gasteiger partial charge in [-0.3, -0.25) is 13.9 Å². The highest BCUT2D eigenvalue weighted by atomic mass is 35.5. The van der Waals surface area contributed by atoms with Gasteiger partial charge in [-0.05, 0) is 68.1 Å². The lowest BCUT2D eigenvalue weighted by molar-refractivity contribution is -0.140. The van der Waals surface area contributed by atoms with Crippen molar-refractivity contribution < 1.29 is 22.7 Å². The van der Waals surface area contributed by atoms with E-state index in [9.17, 15) is 18.0 Å². The predicted octanol–water partition coefficient (Wildman–Crippen LogP) is 6.37. The number of hydrogen-bond donors (Lipinski definition) is 1. The zero-order valence-electron chi connectivity index (χ0n) is 24.6.